The number of aromatic hydroxyl groups is 1. The first-order valence-electron chi connectivity index (χ1n) is 30.7. The van der Waals surface area contributed by atoms with Crippen molar-refractivity contribution >= 4 is 81.7 Å². The molecule has 2 fully saturated rings. The van der Waals surface area contributed by atoms with Crippen molar-refractivity contribution in [1.82, 2.24) is 73.0 Å². The highest BCUT2D eigenvalue weighted by Gasteiger charge is 2.40. The Bertz CT molecular complexity index is 3170. The Morgan fingerprint density at radius 3 is 1.96 bits per heavy atom. The number of nitrogens with one attached hydrogen (secondary N) is 13. The number of carbonyl (C=O) groups is 11. The van der Waals surface area contributed by atoms with Gasteiger partial charge in [-0.2, -0.15) is 0 Å². The number of hydrogen-bond acceptors (Lipinski definition) is 16. The number of carbonyl (C=O) groups excluding carboxylic acids is 11. The molecule has 0 saturated carbocycles. The number of H-pyrrole nitrogens is 2. The molecule has 1 unspecified atom stereocenters. The summed E-state index contributed by atoms with van der Waals surface area (Å²) in [6.07, 6.45) is 6.80. The third-order valence-electron chi connectivity index (χ3n) is 15.6. The van der Waals surface area contributed by atoms with E-state index in [9.17, 15) is 63.0 Å². The van der Waals surface area contributed by atoms with Crippen LogP contribution in [0.5, 0.6) is 5.75 Å². The van der Waals surface area contributed by atoms with Crippen LogP contribution in [0, 0.1) is 11.3 Å². The molecular weight excluding hydrogens is 1180 g/mol. The van der Waals surface area contributed by atoms with E-state index in [0.717, 1.165) is 0 Å². The maximum atomic E-state index is 14.8. The van der Waals surface area contributed by atoms with Crippen LogP contribution in [0.2, 0.25) is 0 Å². The smallest absolute Gasteiger partial charge is 0.245 e. The lowest BCUT2D eigenvalue weighted by atomic mass is 10.00. The van der Waals surface area contributed by atoms with Crippen LogP contribution in [-0.4, -0.2) is 188 Å². The molecule has 2 saturated heterocycles. The summed E-state index contributed by atoms with van der Waals surface area (Å²) in [6, 6.07) is 1.06. The summed E-state index contributed by atoms with van der Waals surface area (Å²) < 4.78 is 0. The molecule has 2 aliphatic rings. The number of amides is 10. The number of aromatic nitrogens is 3. The van der Waals surface area contributed by atoms with Gasteiger partial charge in [0.2, 0.25) is 59.1 Å². The largest absolute Gasteiger partial charge is 0.508 e. The van der Waals surface area contributed by atoms with Crippen LogP contribution in [0.15, 0.2) is 67.3 Å². The van der Waals surface area contributed by atoms with Crippen LogP contribution >= 0.6 is 0 Å². The number of fused-ring (bicyclic) bond motifs is 1. The fourth-order valence-corrected chi connectivity index (χ4v) is 10.8. The van der Waals surface area contributed by atoms with Crippen LogP contribution in [-0.2, 0) is 72.0 Å². The van der Waals surface area contributed by atoms with Crippen molar-refractivity contribution in [3.63, 3.8) is 0 Å². The lowest BCUT2D eigenvalue weighted by Gasteiger charge is -2.31. The molecule has 2 aliphatic heterocycles. The molecule has 4 aromatic rings. The molecule has 4 heterocycles. The average Bonchev–Trinajstić information content (AvgIpc) is 2.14. The SMILES string of the molecule is CC(=O)CNC(=O)[C@@H]1CCCN1C(=O)[C@H](CCCNC(=N)N)NC(=O)[C@H](CC(C)C)NC(=O)[C@@H](CCCCCN)NC(=O)[C@H](Cc1ccc(O)cc1)NC(=O)C(CO)NC(=O)[C@H](Cc1c[nH]c2ccccc12)NC(=O)[C@H](Cc1cnc[nH]1)NC(=O)[C@@H]1CCC(=O)N1. The van der Waals surface area contributed by atoms with E-state index in [1.165, 1.54) is 48.6 Å². The molecule has 30 nitrogen and oxygen atoms in total. The number of aromatic amines is 2. The first kappa shape index (κ1) is 70.6. The zero-order valence-electron chi connectivity index (χ0n) is 51.5. The lowest BCUT2D eigenvalue weighted by Crippen LogP contribution is -2.61. The number of para-hydroxylation sites is 1. The normalized spacial score (nSPS) is 16.8. The van der Waals surface area contributed by atoms with Crippen LogP contribution in [0.4, 0.5) is 0 Å². The highest BCUT2D eigenvalue weighted by Crippen LogP contribution is 2.22. The number of unbranched alkanes of at least 4 members (excludes halogenated alkanes) is 2. The molecule has 19 N–H and O–H groups in total. The number of Topliss-reactive ketones (excluding diaryl/α,β-unsaturated/α-hetero) is 1. The van der Waals surface area contributed by atoms with E-state index in [-0.39, 0.29) is 107 Å². The van der Waals surface area contributed by atoms with Crippen molar-refractivity contribution < 1.29 is 63.0 Å². The lowest BCUT2D eigenvalue weighted by molar-refractivity contribution is -0.142. The van der Waals surface area contributed by atoms with Crippen molar-refractivity contribution in [3.05, 3.63) is 84.1 Å². The molecular formula is C61H87N17O13. The number of nitrogens with zero attached hydrogens (tertiary/aromatic N) is 2. The predicted octanol–water partition coefficient (Wildman–Crippen LogP) is -2.19. The molecule has 2 aromatic heterocycles. The molecule has 0 bridgehead atoms. The fraction of sp³-hybridized carbons (Fsp3) is 0.525. The van der Waals surface area contributed by atoms with E-state index < -0.39 is 114 Å². The van der Waals surface area contributed by atoms with Gasteiger partial charge in [0.1, 0.15) is 65.9 Å². The van der Waals surface area contributed by atoms with Crippen LogP contribution < -0.4 is 64.6 Å². The second-order valence-electron chi connectivity index (χ2n) is 23.3. The first-order valence-corrected chi connectivity index (χ1v) is 30.7. The van der Waals surface area contributed by atoms with Gasteiger partial charge in [-0.3, -0.25) is 58.1 Å². The molecule has 494 valence electrons. The standard InChI is InChI=1S/C61H87N17O13/c1-34(2)25-45(54(85)72-44(14-9-23-66-61(63)64)60(91)78-24-10-15-50(78)59(90)68-29-35(3)80)73-52(83)42(13-5-4-8-22-62)71-55(86)46(26-36-16-18-39(81)19-17-36)74-58(89)49(32-79)77-56(87)47(27-37-30-67-41-12-7-6-11-40(37)41)75-57(88)48(28-38-31-65-33-69-38)76-53(84)43-20-21-51(82)70-43/h6-7,11-12,16-19,30-31,33-34,42-50,67,79,81H,4-5,8-10,13-15,20-29,32,62H2,1-3H3,(H,65,69)(H,68,90)(H,70,82)(H,71,86)(H,72,85)(H,73,83)(H,74,89)(H,75,88)(H,76,84)(H,77,87)(H4,63,64,66)/t42-,43+,44+,45+,46+,47+,48+,49?,50+/m1/s1. The topological polar surface area (TPSA) is 472 Å². The highest BCUT2D eigenvalue weighted by atomic mass is 16.3. The van der Waals surface area contributed by atoms with E-state index in [1.807, 2.05) is 13.8 Å². The second-order valence-corrected chi connectivity index (χ2v) is 23.3. The number of aliphatic hydroxyl groups excluding tert-OH is 1. The van der Waals surface area contributed by atoms with Crippen molar-refractivity contribution in [1.29, 1.82) is 5.41 Å². The number of rotatable bonds is 36. The number of phenolic OH excluding ortho intramolecular Hbond substituents is 1. The molecule has 9 atom stereocenters. The minimum atomic E-state index is -1.77. The van der Waals surface area contributed by atoms with Gasteiger partial charge < -0.3 is 89.7 Å². The summed E-state index contributed by atoms with van der Waals surface area (Å²) in [5.74, 6) is -8.30. The molecule has 0 radical (unpaired) electrons. The number of guanidine groups is 1. The van der Waals surface area contributed by atoms with Gasteiger partial charge in [-0.25, -0.2) is 4.98 Å². The Hall–Kier alpha value is -9.45. The van der Waals surface area contributed by atoms with Crippen LogP contribution in [0.1, 0.15) is 108 Å². The van der Waals surface area contributed by atoms with Gasteiger partial charge in [0.25, 0.3) is 0 Å². The Labute approximate surface area is 526 Å². The van der Waals surface area contributed by atoms with Gasteiger partial charge >= 0.3 is 0 Å². The Morgan fingerprint density at radius 1 is 0.703 bits per heavy atom. The van der Waals surface area contributed by atoms with Gasteiger partial charge in [0.15, 0.2) is 5.96 Å². The molecule has 30 heteroatoms. The third-order valence-corrected chi connectivity index (χ3v) is 15.6. The number of ketones is 1. The third kappa shape index (κ3) is 21.9. The maximum absolute atomic E-state index is 14.8. The van der Waals surface area contributed by atoms with Gasteiger partial charge in [-0.1, -0.05) is 57.0 Å². The summed E-state index contributed by atoms with van der Waals surface area (Å²) in [5, 5.41) is 55.9. The zero-order valence-corrected chi connectivity index (χ0v) is 51.5. The van der Waals surface area contributed by atoms with E-state index in [1.54, 1.807) is 30.5 Å². The molecule has 91 heavy (non-hydrogen) atoms. The number of imidazole rings is 1. The monoisotopic (exact) mass is 1270 g/mol. The summed E-state index contributed by atoms with van der Waals surface area (Å²) in [4.78, 5) is 164. The Kier molecular flexibility index (Phi) is 27.2. The summed E-state index contributed by atoms with van der Waals surface area (Å²) in [5.41, 5.74) is 13.5. The number of phenols is 1. The quantitative estimate of drug-likeness (QED) is 0.0131. The number of benzene rings is 2. The summed E-state index contributed by atoms with van der Waals surface area (Å²) >= 11 is 0. The van der Waals surface area contributed by atoms with E-state index in [4.69, 9.17) is 16.9 Å². The molecule has 6 rings (SSSR count). The fourth-order valence-electron chi connectivity index (χ4n) is 10.8. The Morgan fingerprint density at radius 2 is 1.32 bits per heavy atom. The number of nitrogens with two attached hydrogens (primary N) is 2. The molecule has 2 aromatic carbocycles. The van der Waals surface area contributed by atoms with Crippen LogP contribution in [0.25, 0.3) is 10.9 Å². The van der Waals surface area contributed by atoms with Crippen LogP contribution in [0.3, 0.4) is 0 Å². The maximum Gasteiger partial charge on any atom is 0.245 e. The van der Waals surface area contributed by atoms with E-state index in [0.29, 0.717) is 66.4 Å². The van der Waals surface area contributed by atoms with Gasteiger partial charge in [-0.15, -0.1) is 0 Å². The highest BCUT2D eigenvalue weighted by molar-refractivity contribution is 6.00. The minimum Gasteiger partial charge on any atom is -0.508 e. The summed E-state index contributed by atoms with van der Waals surface area (Å²) in [6.45, 7) is 4.36. The summed E-state index contributed by atoms with van der Waals surface area (Å²) in [7, 11) is 0. The number of hydrogen-bond donors (Lipinski definition) is 17. The minimum absolute atomic E-state index is 0.0161. The zero-order chi connectivity index (χ0) is 66.1. The van der Waals surface area contributed by atoms with E-state index in [2.05, 4.69) is 68.1 Å². The predicted molar refractivity (Wildman–Crippen MR) is 332 cm³/mol. The average molecular weight is 1270 g/mol. The Balaban J connectivity index is 1.23. The molecule has 0 spiro atoms. The van der Waals surface area contributed by atoms with Gasteiger partial charge in [0.05, 0.1) is 19.5 Å². The van der Waals surface area contributed by atoms with E-state index >= 15 is 0 Å². The van der Waals surface area contributed by atoms with Gasteiger partial charge in [0, 0.05) is 67.8 Å². The van der Waals surface area contributed by atoms with Crippen molar-refractivity contribution in [3.8, 4) is 5.75 Å². The number of likely N-dealkylation sites (tertiary alicyclic amines) is 1. The first-order chi connectivity index (χ1) is 43.5. The number of aliphatic hydroxyl groups is 1. The molecule has 0 aliphatic carbocycles. The van der Waals surface area contributed by atoms with Crippen molar-refractivity contribution in [2.24, 2.45) is 17.4 Å². The van der Waals surface area contributed by atoms with Gasteiger partial charge in [-0.05, 0) is 100 Å². The molecule has 10 amide bonds. The second kappa shape index (κ2) is 35.1. The van der Waals surface area contributed by atoms with Crippen molar-refractivity contribution in [2.75, 3.05) is 32.8 Å². The van der Waals surface area contributed by atoms with Crippen molar-refractivity contribution in [2.45, 2.75) is 165 Å².